The molecule has 19 heavy (non-hydrogen) atoms. The molecule has 1 atom stereocenters. The van der Waals surface area contributed by atoms with Crippen LogP contribution in [0, 0.1) is 5.82 Å². The van der Waals surface area contributed by atoms with Crippen molar-refractivity contribution in [3.63, 3.8) is 0 Å². The van der Waals surface area contributed by atoms with Gasteiger partial charge in [-0.1, -0.05) is 0 Å². The maximum absolute atomic E-state index is 13.5. The van der Waals surface area contributed by atoms with E-state index in [1.165, 1.54) is 12.5 Å². The molecule has 1 spiro atoms. The SMILES string of the molecule is Nc1cc(Br)c(F)cc1OC1CCOC2(CCC2)C1. The molecule has 2 fully saturated rings. The molecule has 104 valence electrons. The van der Waals surface area contributed by atoms with E-state index in [2.05, 4.69) is 15.9 Å². The average Bonchev–Trinajstić information content (AvgIpc) is 2.34. The van der Waals surface area contributed by atoms with E-state index in [1.807, 2.05) is 0 Å². The van der Waals surface area contributed by atoms with E-state index in [4.69, 9.17) is 15.2 Å². The van der Waals surface area contributed by atoms with Crippen molar-refractivity contribution >= 4 is 21.6 Å². The van der Waals surface area contributed by atoms with Gasteiger partial charge in [-0.3, -0.25) is 0 Å². The summed E-state index contributed by atoms with van der Waals surface area (Å²) in [6, 6.07) is 2.89. The lowest BCUT2D eigenvalue weighted by molar-refractivity contribution is -0.153. The molecule has 1 aromatic rings. The zero-order valence-electron chi connectivity index (χ0n) is 10.6. The number of ether oxygens (including phenoxy) is 2. The number of halogens is 2. The lowest BCUT2D eigenvalue weighted by Crippen LogP contribution is -2.48. The summed E-state index contributed by atoms with van der Waals surface area (Å²) in [5.74, 6) is 0.0803. The first-order valence-electron chi connectivity index (χ1n) is 6.63. The number of hydrogen-bond acceptors (Lipinski definition) is 3. The van der Waals surface area contributed by atoms with Gasteiger partial charge < -0.3 is 15.2 Å². The standard InChI is InChI=1S/C14H17BrFNO2/c15-10-6-12(17)13(7-11(10)16)19-9-2-5-18-14(8-9)3-1-4-14/h6-7,9H,1-5,8,17H2. The maximum atomic E-state index is 13.5. The van der Waals surface area contributed by atoms with E-state index < -0.39 is 0 Å². The van der Waals surface area contributed by atoms with Gasteiger partial charge in [0.05, 0.1) is 22.4 Å². The molecular weight excluding hydrogens is 313 g/mol. The second-order valence-electron chi connectivity index (χ2n) is 5.42. The Bertz CT molecular complexity index is 491. The van der Waals surface area contributed by atoms with Gasteiger partial charge in [0, 0.05) is 18.9 Å². The lowest BCUT2D eigenvalue weighted by atomic mass is 9.74. The zero-order chi connectivity index (χ0) is 13.5. The molecule has 1 saturated heterocycles. The summed E-state index contributed by atoms with van der Waals surface area (Å²) in [5.41, 5.74) is 6.35. The number of rotatable bonds is 2. The Morgan fingerprint density at radius 2 is 2.21 bits per heavy atom. The first kappa shape index (κ1) is 13.2. The van der Waals surface area contributed by atoms with Crippen LogP contribution in [-0.2, 0) is 4.74 Å². The number of nitrogens with two attached hydrogens (primary N) is 1. The second kappa shape index (κ2) is 4.94. The van der Waals surface area contributed by atoms with Gasteiger partial charge in [-0.2, -0.15) is 0 Å². The number of anilines is 1. The summed E-state index contributed by atoms with van der Waals surface area (Å²) >= 11 is 3.11. The van der Waals surface area contributed by atoms with Gasteiger partial charge in [-0.15, -0.1) is 0 Å². The van der Waals surface area contributed by atoms with Crippen molar-refractivity contribution in [2.75, 3.05) is 12.3 Å². The van der Waals surface area contributed by atoms with E-state index in [0.29, 0.717) is 22.5 Å². The Hall–Kier alpha value is -0.810. The molecule has 0 bridgehead atoms. The van der Waals surface area contributed by atoms with Crippen LogP contribution in [0.25, 0.3) is 0 Å². The van der Waals surface area contributed by atoms with Crippen LogP contribution >= 0.6 is 15.9 Å². The molecule has 1 unspecified atom stereocenters. The summed E-state index contributed by atoms with van der Waals surface area (Å²) in [4.78, 5) is 0. The van der Waals surface area contributed by atoms with Crippen LogP contribution < -0.4 is 10.5 Å². The topological polar surface area (TPSA) is 44.5 Å². The first-order chi connectivity index (χ1) is 9.08. The fourth-order valence-electron chi connectivity index (χ4n) is 2.83. The molecule has 0 amide bonds. The highest BCUT2D eigenvalue weighted by atomic mass is 79.9. The van der Waals surface area contributed by atoms with Crippen LogP contribution in [0.3, 0.4) is 0 Å². The summed E-state index contributed by atoms with van der Waals surface area (Å²) in [6.07, 6.45) is 5.22. The molecule has 3 rings (SSSR count). The Labute approximate surface area is 120 Å². The van der Waals surface area contributed by atoms with Crippen LogP contribution in [0.15, 0.2) is 16.6 Å². The van der Waals surface area contributed by atoms with Gasteiger partial charge in [0.15, 0.2) is 0 Å². The molecule has 1 heterocycles. The van der Waals surface area contributed by atoms with Crippen molar-refractivity contribution in [1.29, 1.82) is 0 Å². The largest absolute Gasteiger partial charge is 0.488 e. The van der Waals surface area contributed by atoms with Gasteiger partial charge in [0.25, 0.3) is 0 Å². The van der Waals surface area contributed by atoms with E-state index in [9.17, 15) is 4.39 Å². The number of hydrogen-bond donors (Lipinski definition) is 1. The predicted octanol–water partition coefficient (Wildman–Crippen LogP) is 3.65. The fraction of sp³-hybridized carbons (Fsp3) is 0.571. The predicted molar refractivity (Wildman–Crippen MR) is 74.7 cm³/mol. The molecular formula is C14H17BrFNO2. The van der Waals surface area contributed by atoms with Crippen molar-refractivity contribution in [1.82, 2.24) is 0 Å². The van der Waals surface area contributed by atoms with Gasteiger partial charge in [-0.25, -0.2) is 4.39 Å². The van der Waals surface area contributed by atoms with Gasteiger partial charge in [-0.05, 0) is 41.3 Å². The molecule has 2 aliphatic rings. The quantitative estimate of drug-likeness (QED) is 0.842. The van der Waals surface area contributed by atoms with Crippen LogP contribution in [-0.4, -0.2) is 18.3 Å². The van der Waals surface area contributed by atoms with Crippen LogP contribution in [0.1, 0.15) is 32.1 Å². The van der Waals surface area contributed by atoms with Crippen LogP contribution in [0.5, 0.6) is 5.75 Å². The Balaban J connectivity index is 1.72. The molecule has 0 aromatic heterocycles. The fourth-order valence-corrected chi connectivity index (χ4v) is 3.19. The summed E-state index contributed by atoms with van der Waals surface area (Å²) in [5, 5.41) is 0. The highest BCUT2D eigenvalue weighted by molar-refractivity contribution is 9.10. The zero-order valence-corrected chi connectivity index (χ0v) is 12.2. The van der Waals surface area contributed by atoms with E-state index in [1.54, 1.807) is 6.07 Å². The Kier molecular flexibility index (Phi) is 3.43. The van der Waals surface area contributed by atoms with Gasteiger partial charge in [0.1, 0.15) is 17.7 Å². The minimum absolute atomic E-state index is 0.0194. The summed E-state index contributed by atoms with van der Waals surface area (Å²) in [7, 11) is 0. The molecule has 5 heteroatoms. The van der Waals surface area contributed by atoms with Crippen molar-refractivity contribution in [2.24, 2.45) is 0 Å². The Morgan fingerprint density at radius 3 is 2.89 bits per heavy atom. The highest BCUT2D eigenvalue weighted by Crippen LogP contribution is 2.43. The molecule has 2 N–H and O–H groups in total. The minimum Gasteiger partial charge on any atom is -0.488 e. The van der Waals surface area contributed by atoms with Crippen molar-refractivity contribution in [2.45, 2.75) is 43.8 Å². The third kappa shape index (κ3) is 2.58. The summed E-state index contributed by atoms with van der Waals surface area (Å²) < 4.78 is 25.6. The third-order valence-electron chi connectivity index (χ3n) is 4.06. The molecule has 1 aliphatic heterocycles. The number of nitrogen functional groups attached to an aromatic ring is 1. The van der Waals surface area contributed by atoms with Gasteiger partial charge in [0.2, 0.25) is 0 Å². The smallest absolute Gasteiger partial charge is 0.145 e. The molecule has 0 radical (unpaired) electrons. The van der Waals surface area contributed by atoms with E-state index in [0.717, 1.165) is 25.7 Å². The van der Waals surface area contributed by atoms with Gasteiger partial charge >= 0.3 is 0 Å². The van der Waals surface area contributed by atoms with Crippen molar-refractivity contribution in [3.8, 4) is 5.75 Å². The average molecular weight is 330 g/mol. The highest BCUT2D eigenvalue weighted by Gasteiger charge is 2.43. The second-order valence-corrected chi connectivity index (χ2v) is 6.28. The maximum Gasteiger partial charge on any atom is 0.145 e. The molecule has 1 aliphatic carbocycles. The third-order valence-corrected chi connectivity index (χ3v) is 4.67. The number of benzene rings is 1. The molecule has 1 saturated carbocycles. The lowest BCUT2D eigenvalue weighted by Gasteiger charge is -2.46. The first-order valence-corrected chi connectivity index (χ1v) is 7.42. The molecule has 1 aromatic carbocycles. The van der Waals surface area contributed by atoms with Crippen LogP contribution in [0.2, 0.25) is 0 Å². The van der Waals surface area contributed by atoms with E-state index in [-0.39, 0.29) is 17.5 Å². The van der Waals surface area contributed by atoms with Crippen molar-refractivity contribution < 1.29 is 13.9 Å². The summed E-state index contributed by atoms with van der Waals surface area (Å²) in [6.45, 7) is 0.712. The molecule has 3 nitrogen and oxygen atoms in total. The van der Waals surface area contributed by atoms with Crippen molar-refractivity contribution in [3.05, 3.63) is 22.4 Å². The van der Waals surface area contributed by atoms with E-state index >= 15 is 0 Å². The Morgan fingerprint density at radius 1 is 1.42 bits per heavy atom. The minimum atomic E-state index is -0.352. The normalized spacial score (nSPS) is 25.1. The van der Waals surface area contributed by atoms with Crippen LogP contribution in [0.4, 0.5) is 10.1 Å². The monoisotopic (exact) mass is 329 g/mol.